The first-order valence-corrected chi connectivity index (χ1v) is 21.2. The number of carbonyl (C=O) groups excluding carboxylic acids is 3. The van der Waals surface area contributed by atoms with Crippen LogP contribution in [0.2, 0.25) is 0 Å². The molecule has 2 fully saturated rings. The summed E-state index contributed by atoms with van der Waals surface area (Å²) in [6.07, 6.45) is 4.29. The molecular weight excluding hydrogens is 759 g/mol. The third-order valence-corrected chi connectivity index (χ3v) is 13.6. The number of ether oxygens (including phenoxy) is 2. The van der Waals surface area contributed by atoms with Crippen LogP contribution in [-0.4, -0.2) is 89.7 Å². The van der Waals surface area contributed by atoms with Crippen molar-refractivity contribution in [2.24, 2.45) is 5.92 Å². The highest BCUT2D eigenvalue weighted by Crippen LogP contribution is 2.44. The van der Waals surface area contributed by atoms with E-state index in [0.29, 0.717) is 25.5 Å². The first-order chi connectivity index (χ1) is 27.6. The fraction of sp³-hybridized carbons (Fsp3) is 0.372. The van der Waals surface area contributed by atoms with E-state index in [1.165, 1.54) is 7.11 Å². The Labute approximate surface area is 341 Å². The van der Waals surface area contributed by atoms with Gasteiger partial charge in [0, 0.05) is 24.6 Å². The number of thioether (sulfide) groups is 2. The molecule has 4 heterocycles. The molecular formula is C43H49N7O5S2. The lowest BCUT2D eigenvalue weighted by molar-refractivity contribution is -0.135. The molecule has 2 saturated heterocycles. The number of hydrogen-bond acceptors (Lipinski definition) is 9. The van der Waals surface area contributed by atoms with Gasteiger partial charge in [-0.25, -0.2) is 19.6 Å². The van der Waals surface area contributed by atoms with Crippen molar-refractivity contribution in [1.82, 2.24) is 35.1 Å². The highest BCUT2D eigenvalue weighted by atomic mass is 32.2. The molecule has 2 aliphatic rings. The number of amides is 3. The Hall–Kier alpha value is -5.21. The maximum absolute atomic E-state index is 13.5. The number of imidazole rings is 2. The summed E-state index contributed by atoms with van der Waals surface area (Å²) in [5.74, 6) is 3.32. The maximum Gasteiger partial charge on any atom is 0.410 e. The summed E-state index contributed by atoms with van der Waals surface area (Å²) >= 11 is 3.76. The lowest BCUT2D eigenvalue weighted by atomic mass is 10.0. The molecule has 3 aromatic carbocycles. The van der Waals surface area contributed by atoms with Gasteiger partial charge in [0.2, 0.25) is 5.91 Å². The Kier molecular flexibility index (Phi) is 12.6. The molecule has 2 aromatic heterocycles. The molecule has 5 aromatic rings. The normalized spacial score (nSPS) is 16.7. The van der Waals surface area contributed by atoms with Gasteiger partial charge >= 0.3 is 12.2 Å². The van der Waals surface area contributed by atoms with E-state index in [1.54, 1.807) is 4.90 Å². The summed E-state index contributed by atoms with van der Waals surface area (Å²) in [5.41, 5.74) is 6.81. The van der Waals surface area contributed by atoms with Gasteiger partial charge in [0.1, 0.15) is 24.3 Å². The van der Waals surface area contributed by atoms with Crippen LogP contribution in [0, 0.1) is 5.92 Å². The maximum atomic E-state index is 13.5. The van der Waals surface area contributed by atoms with Gasteiger partial charge < -0.3 is 29.7 Å². The Bertz CT molecular complexity index is 2130. The quantitative estimate of drug-likeness (QED) is 0.107. The van der Waals surface area contributed by atoms with Gasteiger partial charge in [-0.05, 0) is 53.5 Å². The topological polar surface area (TPSA) is 146 Å². The molecule has 0 aliphatic carbocycles. The van der Waals surface area contributed by atoms with E-state index in [2.05, 4.69) is 80.7 Å². The van der Waals surface area contributed by atoms with Crippen molar-refractivity contribution in [3.8, 4) is 33.6 Å². The second-order valence-electron chi connectivity index (χ2n) is 14.9. The van der Waals surface area contributed by atoms with Crippen LogP contribution in [-0.2, 0) is 27.4 Å². The molecule has 298 valence electrons. The van der Waals surface area contributed by atoms with Crippen LogP contribution in [0.25, 0.3) is 33.6 Å². The number of methoxy groups -OCH3 is 1. The lowest BCUT2D eigenvalue weighted by Gasteiger charge is -2.30. The van der Waals surface area contributed by atoms with Gasteiger partial charge in [-0.2, -0.15) is 0 Å². The van der Waals surface area contributed by atoms with Gasteiger partial charge in [-0.15, -0.1) is 23.5 Å². The number of nitrogens with one attached hydrogen (secondary N) is 3. The Morgan fingerprint density at radius 1 is 0.895 bits per heavy atom. The number of carbonyl (C=O) groups is 3. The van der Waals surface area contributed by atoms with Crippen LogP contribution in [0.5, 0.6) is 0 Å². The van der Waals surface area contributed by atoms with Crippen molar-refractivity contribution in [3.63, 3.8) is 0 Å². The monoisotopic (exact) mass is 807 g/mol. The molecule has 0 bridgehead atoms. The molecule has 7 rings (SSSR count). The number of aromatic nitrogens is 4. The highest BCUT2D eigenvalue weighted by molar-refractivity contribution is 8.21. The van der Waals surface area contributed by atoms with E-state index in [0.717, 1.165) is 69.4 Å². The Balaban J connectivity index is 0.987. The van der Waals surface area contributed by atoms with Crippen LogP contribution in [0.15, 0.2) is 91.3 Å². The summed E-state index contributed by atoms with van der Waals surface area (Å²) in [7, 11) is 1.29. The molecule has 14 heteroatoms. The largest absolute Gasteiger partial charge is 0.453 e. The predicted molar refractivity (Wildman–Crippen MR) is 225 cm³/mol. The summed E-state index contributed by atoms with van der Waals surface area (Å²) in [6.45, 7) is 7.69. The SMILES string of the molecule is COC(=O)NC(C(=O)N1CCC[C@H]1c1ncc(-c2ccc(-c3ccc(-c4cnc(CN(CC5(C)SCCS5)C(=O)OCc5ccccc5)[nH]4)cc3)cc2)[nH]1)C(C)C. The number of benzene rings is 3. The van der Waals surface area contributed by atoms with Crippen molar-refractivity contribution in [2.75, 3.05) is 31.7 Å². The number of rotatable bonds is 13. The first-order valence-electron chi connectivity index (χ1n) is 19.3. The predicted octanol–water partition coefficient (Wildman–Crippen LogP) is 8.51. The second-order valence-corrected chi connectivity index (χ2v) is 18.3. The van der Waals surface area contributed by atoms with E-state index in [-0.39, 0.29) is 34.6 Å². The van der Waals surface area contributed by atoms with Crippen molar-refractivity contribution >= 4 is 41.6 Å². The van der Waals surface area contributed by atoms with Gasteiger partial charge in [0.05, 0.1) is 47.6 Å². The number of H-pyrrole nitrogens is 2. The molecule has 3 N–H and O–H groups in total. The molecule has 1 unspecified atom stereocenters. The highest BCUT2D eigenvalue weighted by Gasteiger charge is 2.38. The van der Waals surface area contributed by atoms with E-state index >= 15 is 0 Å². The van der Waals surface area contributed by atoms with Crippen LogP contribution in [0.3, 0.4) is 0 Å². The third-order valence-electron chi connectivity index (χ3n) is 10.4. The fourth-order valence-electron chi connectivity index (χ4n) is 7.29. The average Bonchev–Trinajstić information content (AvgIpc) is 4.07. The third kappa shape index (κ3) is 9.67. The van der Waals surface area contributed by atoms with Crippen molar-refractivity contribution in [3.05, 3.63) is 108 Å². The zero-order valence-electron chi connectivity index (χ0n) is 32.7. The van der Waals surface area contributed by atoms with E-state index in [9.17, 15) is 14.4 Å². The van der Waals surface area contributed by atoms with Gasteiger partial charge in [0.15, 0.2) is 0 Å². The number of likely N-dealkylation sites (tertiary alicyclic amines) is 1. The van der Waals surface area contributed by atoms with Crippen molar-refractivity contribution in [1.29, 1.82) is 0 Å². The van der Waals surface area contributed by atoms with Crippen LogP contribution in [0.1, 0.15) is 56.9 Å². The molecule has 2 aliphatic heterocycles. The minimum absolute atomic E-state index is 0.0975. The fourth-order valence-corrected chi connectivity index (χ4v) is 10.1. The number of hydrogen-bond donors (Lipinski definition) is 3. The molecule has 57 heavy (non-hydrogen) atoms. The molecule has 2 atom stereocenters. The van der Waals surface area contributed by atoms with Crippen LogP contribution < -0.4 is 5.32 Å². The number of aromatic amines is 2. The molecule has 0 radical (unpaired) electrons. The Morgan fingerprint density at radius 3 is 2.14 bits per heavy atom. The summed E-state index contributed by atoms with van der Waals surface area (Å²) < 4.78 is 10.4. The minimum Gasteiger partial charge on any atom is -0.453 e. The summed E-state index contributed by atoms with van der Waals surface area (Å²) in [4.78, 5) is 58.7. The van der Waals surface area contributed by atoms with Crippen LogP contribution >= 0.6 is 23.5 Å². The van der Waals surface area contributed by atoms with Crippen molar-refractivity contribution in [2.45, 2.75) is 62.9 Å². The van der Waals surface area contributed by atoms with Crippen LogP contribution in [0.4, 0.5) is 9.59 Å². The number of nitrogens with zero attached hydrogens (tertiary/aromatic N) is 4. The van der Waals surface area contributed by atoms with E-state index in [4.69, 9.17) is 9.47 Å². The molecule has 0 saturated carbocycles. The summed E-state index contributed by atoms with van der Waals surface area (Å²) in [5, 5.41) is 2.70. The van der Waals surface area contributed by atoms with Gasteiger partial charge in [-0.1, -0.05) is 92.7 Å². The summed E-state index contributed by atoms with van der Waals surface area (Å²) in [6, 6.07) is 25.5. The lowest BCUT2D eigenvalue weighted by Crippen LogP contribution is -2.51. The van der Waals surface area contributed by atoms with Crippen molar-refractivity contribution < 1.29 is 23.9 Å². The van der Waals surface area contributed by atoms with Gasteiger partial charge in [0.25, 0.3) is 0 Å². The van der Waals surface area contributed by atoms with Gasteiger partial charge in [-0.3, -0.25) is 9.69 Å². The number of alkyl carbamates (subject to hydrolysis) is 1. The van der Waals surface area contributed by atoms with E-state index < -0.39 is 12.1 Å². The zero-order valence-corrected chi connectivity index (χ0v) is 34.3. The second kappa shape index (κ2) is 17.9. The zero-order chi connectivity index (χ0) is 39.9. The minimum atomic E-state index is -0.682. The average molecular weight is 808 g/mol. The smallest absolute Gasteiger partial charge is 0.410 e. The van der Waals surface area contributed by atoms with E-state index in [1.807, 2.05) is 85.0 Å². The molecule has 0 spiro atoms. The Morgan fingerprint density at radius 2 is 1.51 bits per heavy atom. The first kappa shape index (κ1) is 40.0. The molecule has 12 nitrogen and oxygen atoms in total. The molecule has 3 amide bonds. The standard InChI is InChI=1S/C43H49N7O5S2/c1-28(2)38(48-41(52)54-4)40(51)50-20-8-11-36(50)39-45-24-35(47-39)33-18-14-31(15-19-33)30-12-16-32(17-13-30)34-23-44-37(46-34)25-49(27-43(3)56-21-22-57-43)42(53)55-26-29-9-6-5-7-10-29/h5-7,9-10,12-19,23-24,28,36,38H,8,11,20-22,25-27H2,1-4H3,(H,44,46)(H,45,47)(H,48,52)/t36-,38?/m0/s1.